The lowest BCUT2D eigenvalue weighted by atomic mass is 9.71. The van der Waals surface area contributed by atoms with Gasteiger partial charge in [-0.2, -0.15) is 0 Å². The van der Waals surface area contributed by atoms with E-state index < -0.39 is 0 Å². The minimum atomic E-state index is 0.674. The summed E-state index contributed by atoms with van der Waals surface area (Å²) in [7, 11) is 1.79. The maximum Gasteiger partial charge on any atom is 0.0589 e. The Morgan fingerprint density at radius 3 is 2.31 bits per heavy atom. The fourth-order valence-electron chi connectivity index (χ4n) is 2.97. The summed E-state index contributed by atoms with van der Waals surface area (Å²) in [6.07, 6.45) is 2.78. The second-order valence-electron chi connectivity index (χ2n) is 5.83. The molecule has 2 fully saturated rings. The van der Waals surface area contributed by atoms with Gasteiger partial charge in [0, 0.05) is 32.8 Å². The van der Waals surface area contributed by atoms with Crippen LogP contribution in [0.2, 0.25) is 0 Å². The minimum absolute atomic E-state index is 0.674. The molecule has 0 atom stereocenters. The van der Waals surface area contributed by atoms with Crippen molar-refractivity contribution < 1.29 is 4.74 Å². The zero-order chi connectivity index (χ0) is 11.6. The SMILES string of the molecule is COCCN1CCC2(CC1)CN(C(C)C)C2. The largest absolute Gasteiger partial charge is 0.383 e. The normalized spacial score (nSPS) is 26.2. The third-order valence-electron chi connectivity index (χ3n) is 4.34. The Morgan fingerprint density at radius 2 is 1.81 bits per heavy atom. The molecule has 1 spiro atoms. The summed E-state index contributed by atoms with van der Waals surface area (Å²) in [5.74, 6) is 0. The van der Waals surface area contributed by atoms with E-state index in [1.54, 1.807) is 7.11 Å². The van der Waals surface area contributed by atoms with Gasteiger partial charge in [-0.25, -0.2) is 0 Å². The third kappa shape index (κ3) is 2.58. The maximum absolute atomic E-state index is 5.14. The van der Waals surface area contributed by atoms with E-state index in [1.165, 1.54) is 39.0 Å². The Labute approximate surface area is 99.7 Å². The number of piperidine rings is 1. The molecule has 2 saturated heterocycles. The van der Waals surface area contributed by atoms with Crippen molar-refractivity contribution in [2.75, 3.05) is 46.4 Å². The quantitative estimate of drug-likeness (QED) is 0.721. The topological polar surface area (TPSA) is 15.7 Å². The molecule has 0 saturated carbocycles. The number of hydrogen-bond acceptors (Lipinski definition) is 3. The number of hydrogen-bond donors (Lipinski definition) is 0. The van der Waals surface area contributed by atoms with Crippen LogP contribution in [0.4, 0.5) is 0 Å². The molecule has 3 nitrogen and oxygen atoms in total. The highest BCUT2D eigenvalue weighted by Crippen LogP contribution is 2.41. The molecular formula is C13H26N2O. The van der Waals surface area contributed by atoms with Gasteiger partial charge in [-0.15, -0.1) is 0 Å². The monoisotopic (exact) mass is 226 g/mol. The molecule has 3 heteroatoms. The van der Waals surface area contributed by atoms with Gasteiger partial charge in [0.2, 0.25) is 0 Å². The van der Waals surface area contributed by atoms with Crippen molar-refractivity contribution in [3.05, 3.63) is 0 Å². The molecule has 2 heterocycles. The first-order valence-electron chi connectivity index (χ1n) is 6.61. The summed E-state index contributed by atoms with van der Waals surface area (Å²) >= 11 is 0. The van der Waals surface area contributed by atoms with E-state index in [0.29, 0.717) is 5.41 Å². The Kier molecular flexibility index (Phi) is 3.88. The summed E-state index contributed by atoms with van der Waals surface area (Å²) in [6.45, 7) is 11.8. The zero-order valence-corrected chi connectivity index (χ0v) is 11.0. The molecule has 0 amide bonds. The summed E-state index contributed by atoms with van der Waals surface area (Å²) in [5.41, 5.74) is 0.674. The van der Waals surface area contributed by atoms with Gasteiger partial charge in [-0.1, -0.05) is 0 Å². The van der Waals surface area contributed by atoms with Crippen molar-refractivity contribution in [2.24, 2.45) is 5.41 Å². The summed E-state index contributed by atoms with van der Waals surface area (Å²) in [4.78, 5) is 5.15. The molecule has 0 aromatic carbocycles. The molecule has 2 aliphatic heterocycles. The van der Waals surface area contributed by atoms with Crippen molar-refractivity contribution in [2.45, 2.75) is 32.7 Å². The van der Waals surface area contributed by atoms with Gasteiger partial charge < -0.3 is 9.64 Å². The van der Waals surface area contributed by atoms with Gasteiger partial charge in [0.05, 0.1) is 6.61 Å². The van der Waals surface area contributed by atoms with E-state index in [9.17, 15) is 0 Å². The lowest BCUT2D eigenvalue weighted by Crippen LogP contribution is -2.62. The maximum atomic E-state index is 5.14. The van der Waals surface area contributed by atoms with Gasteiger partial charge in [-0.05, 0) is 45.2 Å². The summed E-state index contributed by atoms with van der Waals surface area (Å²) in [5, 5.41) is 0. The molecule has 2 rings (SSSR count). The van der Waals surface area contributed by atoms with E-state index in [4.69, 9.17) is 4.74 Å². The molecule has 2 aliphatic rings. The average Bonchev–Trinajstić information content (AvgIpc) is 2.23. The average molecular weight is 226 g/mol. The lowest BCUT2D eigenvalue weighted by molar-refractivity contribution is -0.0640. The molecule has 0 aromatic rings. The number of rotatable bonds is 4. The number of nitrogens with zero attached hydrogens (tertiary/aromatic N) is 2. The zero-order valence-electron chi connectivity index (χ0n) is 11.0. The Balaban J connectivity index is 1.70. The summed E-state index contributed by atoms with van der Waals surface area (Å²) in [6, 6.07) is 0.733. The highest BCUT2D eigenvalue weighted by Gasteiger charge is 2.45. The van der Waals surface area contributed by atoms with Crippen LogP contribution in [-0.2, 0) is 4.74 Å². The smallest absolute Gasteiger partial charge is 0.0589 e. The van der Waals surface area contributed by atoms with Crippen molar-refractivity contribution >= 4 is 0 Å². The van der Waals surface area contributed by atoms with E-state index in [2.05, 4.69) is 23.6 Å². The molecule has 0 aliphatic carbocycles. The lowest BCUT2D eigenvalue weighted by Gasteiger charge is -2.55. The first-order chi connectivity index (χ1) is 7.65. The first-order valence-corrected chi connectivity index (χ1v) is 6.61. The van der Waals surface area contributed by atoms with Crippen LogP contribution in [0.3, 0.4) is 0 Å². The molecule has 0 unspecified atom stereocenters. The second-order valence-corrected chi connectivity index (χ2v) is 5.83. The minimum Gasteiger partial charge on any atom is -0.383 e. The van der Waals surface area contributed by atoms with Crippen LogP contribution in [0, 0.1) is 5.41 Å². The third-order valence-corrected chi connectivity index (χ3v) is 4.34. The van der Waals surface area contributed by atoms with Crippen molar-refractivity contribution in [3.63, 3.8) is 0 Å². The van der Waals surface area contributed by atoms with Gasteiger partial charge in [0.25, 0.3) is 0 Å². The Morgan fingerprint density at radius 1 is 1.19 bits per heavy atom. The van der Waals surface area contributed by atoms with E-state index >= 15 is 0 Å². The fraction of sp³-hybridized carbons (Fsp3) is 1.00. The molecule has 0 aromatic heterocycles. The van der Waals surface area contributed by atoms with Crippen molar-refractivity contribution in [1.29, 1.82) is 0 Å². The fourth-order valence-corrected chi connectivity index (χ4v) is 2.97. The van der Waals surface area contributed by atoms with Crippen molar-refractivity contribution in [3.8, 4) is 0 Å². The Bertz CT molecular complexity index is 214. The highest BCUT2D eigenvalue weighted by molar-refractivity contribution is 4.99. The molecule has 94 valence electrons. The Hall–Kier alpha value is -0.120. The van der Waals surface area contributed by atoms with Crippen LogP contribution in [0.5, 0.6) is 0 Å². The first kappa shape index (κ1) is 12.3. The van der Waals surface area contributed by atoms with Gasteiger partial charge in [0.15, 0.2) is 0 Å². The predicted octanol–water partition coefficient (Wildman–Crippen LogP) is 1.44. The van der Waals surface area contributed by atoms with Crippen LogP contribution in [0.25, 0.3) is 0 Å². The molecular weight excluding hydrogens is 200 g/mol. The van der Waals surface area contributed by atoms with Crippen LogP contribution in [-0.4, -0.2) is 62.3 Å². The molecule has 16 heavy (non-hydrogen) atoms. The van der Waals surface area contributed by atoms with Crippen molar-refractivity contribution in [1.82, 2.24) is 9.80 Å². The highest BCUT2D eigenvalue weighted by atomic mass is 16.5. The number of likely N-dealkylation sites (tertiary alicyclic amines) is 2. The van der Waals surface area contributed by atoms with Gasteiger partial charge in [-0.3, -0.25) is 4.90 Å². The van der Waals surface area contributed by atoms with E-state index in [0.717, 1.165) is 19.2 Å². The van der Waals surface area contributed by atoms with Crippen LogP contribution >= 0.6 is 0 Å². The number of ether oxygens (including phenoxy) is 1. The van der Waals surface area contributed by atoms with E-state index in [1.807, 2.05) is 0 Å². The second kappa shape index (κ2) is 5.03. The van der Waals surface area contributed by atoms with Gasteiger partial charge in [0.1, 0.15) is 0 Å². The number of methoxy groups -OCH3 is 1. The molecule has 0 bridgehead atoms. The van der Waals surface area contributed by atoms with Crippen LogP contribution in [0.1, 0.15) is 26.7 Å². The molecule has 0 N–H and O–H groups in total. The predicted molar refractivity (Wildman–Crippen MR) is 66.7 cm³/mol. The van der Waals surface area contributed by atoms with Crippen LogP contribution < -0.4 is 0 Å². The molecule has 0 radical (unpaired) electrons. The van der Waals surface area contributed by atoms with Crippen LogP contribution in [0.15, 0.2) is 0 Å². The van der Waals surface area contributed by atoms with Gasteiger partial charge >= 0.3 is 0 Å². The van der Waals surface area contributed by atoms with E-state index in [-0.39, 0.29) is 0 Å². The standard InChI is InChI=1S/C13H26N2O/c1-12(2)15-10-13(11-15)4-6-14(7-5-13)8-9-16-3/h12H,4-11H2,1-3H3. The summed E-state index contributed by atoms with van der Waals surface area (Å²) < 4.78 is 5.14.